The summed E-state index contributed by atoms with van der Waals surface area (Å²) in [6.07, 6.45) is 4.03. The van der Waals surface area contributed by atoms with Crippen molar-refractivity contribution in [2.75, 3.05) is 12.8 Å². The Morgan fingerprint density at radius 3 is 2.72 bits per heavy atom. The molecular weight excluding hydrogens is 226 g/mol. The van der Waals surface area contributed by atoms with Gasteiger partial charge in [-0.15, -0.1) is 0 Å². The Bertz CT molecular complexity index is 632. The zero-order valence-corrected chi connectivity index (χ0v) is 10.0. The Hall–Kier alpha value is -2.42. The van der Waals surface area contributed by atoms with E-state index in [2.05, 4.69) is 0 Å². The van der Waals surface area contributed by atoms with Crippen LogP contribution in [0.2, 0.25) is 0 Å². The van der Waals surface area contributed by atoms with E-state index < -0.39 is 0 Å². The molecule has 90 valence electrons. The number of benzene rings is 2. The number of ether oxygens (including phenoxy) is 2. The molecule has 0 atom stereocenters. The van der Waals surface area contributed by atoms with Crippen molar-refractivity contribution in [3.63, 3.8) is 0 Å². The summed E-state index contributed by atoms with van der Waals surface area (Å²) in [7, 11) is 1.63. The maximum absolute atomic E-state index is 5.94. The van der Waals surface area contributed by atoms with E-state index in [1.807, 2.05) is 48.6 Å². The zero-order valence-electron chi connectivity index (χ0n) is 10.0. The van der Waals surface area contributed by atoms with Crippen molar-refractivity contribution in [1.29, 1.82) is 0 Å². The van der Waals surface area contributed by atoms with Crippen LogP contribution in [0.15, 0.2) is 36.4 Å². The molecule has 2 aromatic rings. The molecule has 0 spiro atoms. The molecule has 2 aromatic carbocycles. The Labute approximate surface area is 105 Å². The smallest absolute Gasteiger partial charge is 0.176 e. The van der Waals surface area contributed by atoms with Crippen molar-refractivity contribution in [2.45, 2.75) is 0 Å². The fourth-order valence-corrected chi connectivity index (χ4v) is 2.00. The number of anilines is 1. The monoisotopic (exact) mass is 239 g/mol. The van der Waals surface area contributed by atoms with Crippen LogP contribution in [0.1, 0.15) is 11.1 Å². The van der Waals surface area contributed by atoms with E-state index in [0.717, 1.165) is 22.6 Å². The normalized spacial score (nSPS) is 12.1. The van der Waals surface area contributed by atoms with Gasteiger partial charge in [0, 0.05) is 22.9 Å². The van der Waals surface area contributed by atoms with E-state index in [-0.39, 0.29) is 0 Å². The van der Waals surface area contributed by atoms with Gasteiger partial charge < -0.3 is 15.2 Å². The predicted molar refractivity (Wildman–Crippen MR) is 72.9 cm³/mol. The van der Waals surface area contributed by atoms with E-state index in [0.29, 0.717) is 11.4 Å². The fraction of sp³-hybridized carbons (Fsp3) is 0.0667. The molecule has 2 N–H and O–H groups in total. The van der Waals surface area contributed by atoms with E-state index in [1.165, 1.54) is 0 Å². The van der Waals surface area contributed by atoms with E-state index in [1.54, 1.807) is 7.11 Å². The van der Waals surface area contributed by atoms with Crippen LogP contribution in [0.5, 0.6) is 17.2 Å². The summed E-state index contributed by atoms with van der Waals surface area (Å²) in [4.78, 5) is 0. The third kappa shape index (κ3) is 1.70. The first kappa shape index (κ1) is 10.7. The lowest BCUT2D eigenvalue weighted by atomic mass is 10.1. The second-order valence-electron chi connectivity index (χ2n) is 4.11. The number of hydrogen-bond donors (Lipinski definition) is 1. The lowest BCUT2D eigenvalue weighted by molar-refractivity contribution is 0.378. The van der Waals surface area contributed by atoms with E-state index in [9.17, 15) is 0 Å². The molecule has 0 radical (unpaired) electrons. The highest BCUT2D eigenvalue weighted by Crippen LogP contribution is 2.40. The van der Waals surface area contributed by atoms with Crippen LogP contribution in [-0.4, -0.2) is 7.11 Å². The summed E-state index contributed by atoms with van der Waals surface area (Å²) in [6, 6.07) is 11.4. The Kier molecular flexibility index (Phi) is 2.45. The highest BCUT2D eigenvalue weighted by atomic mass is 16.5. The first-order valence-electron chi connectivity index (χ1n) is 5.70. The molecule has 18 heavy (non-hydrogen) atoms. The van der Waals surface area contributed by atoms with Gasteiger partial charge in [-0.25, -0.2) is 0 Å². The number of hydrogen-bond acceptors (Lipinski definition) is 3. The van der Waals surface area contributed by atoms with Gasteiger partial charge in [0.15, 0.2) is 11.5 Å². The van der Waals surface area contributed by atoms with Gasteiger partial charge in [-0.3, -0.25) is 0 Å². The van der Waals surface area contributed by atoms with Crippen molar-refractivity contribution < 1.29 is 9.47 Å². The van der Waals surface area contributed by atoms with Crippen LogP contribution in [0.4, 0.5) is 5.69 Å². The van der Waals surface area contributed by atoms with Crippen LogP contribution >= 0.6 is 0 Å². The molecule has 0 saturated heterocycles. The minimum atomic E-state index is 0.681. The van der Waals surface area contributed by atoms with Crippen molar-refractivity contribution in [3.8, 4) is 17.2 Å². The first-order chi connectivity index (χ1) is 8.78. The molecule has 0 bridgehead atoms. The lowest BCUT2D eigenvalue weighted by Gasteiger charge is -2.12. The molecule has 0 fully saturated rings. The first-order valence-corrected chi connectivity index (χ1v) is 5.70. The molecule has 1 aliphatic rings. The third-order valence-electron chi connectivity index (χ3n) is 2.92. The summed E-state index contributed by atoms with van der Waals surface area (Å²) < 4.78 is 11.3. The van der Waals surface area contributed by atoms with Crippen molar-refractivity contribution >= 4 is 17.8 Å². The van der Waals surface area contributed by atoms with E-state index >= 15 is 0 Å². The topological polar surface area (TPSA) is 44.5 Å². The summed E-state index contributed by atoms with van der Waals surface area (Å²) in [6.45, 7) is 0. The second kappa shape index (κ2) is 4.11. The SMILES string of the molecule is COc1cccc2c1Oc1cc(N)ccc1C=C2. The van der Waals surface area contributed by atoms with Crippen molar-refractivity contribution in [1.82, 2.24) is 0 Å². The van der Waals surface area contributed by atoms with Gasteiger partial charge in [0.05, 0.1) is 7.11 Å². The van der Waals surface area contributed by atoms with Crippen LogP contribution < -0.4 is 15.2 Å². The molecule has 3 nitrogen and oxygen atoms in total. The second-order valence-corrected chi connectivity index (χ2v) is 4.11. The van der Waals surface area contributed by atoms with Gasteiger partial charge in [0.1, 0.15) is 5.75 Å². The third-order valence-corrected chi connectivity index (χ3v) is 2.92. The predicted octanol–water partition coefficient (Wildman–Crippen LogP) is 3.55. The largest absolute Gasteiger partial charge is 0.493 e. The maximum atomic E-state index is 5.94. The maximum Gasteiger partial charge on any atom is 0.176 e. The van der Waals surface area contributed by atoms with Crippen LogP contribution in [0.25, 0.3) is 12.2 Å². The molecule has 3 rings (SSSR count). The molecule has 0 aliphatic carbocycles. The fourth-order valence-electron chi connectivity index (χ4n) is 2.00. The highest BCUT2D eigenvalue weighted by Gasteiger charge is 2.14. The van der Waals surface area contributed by atoms with Gasteiger partial charge in [-0.2, -0.15) is 0 Å². The molecular formula is C15H13NO2. The van der Waals surface area contributed by atoms with Gasteiger partial charge in [0.25, 0.3) is 0 Å². The summed E-state index contributed by atoms with van der Waals surface area (Å²) >= 11 is 0. The van der Waals surface area contributed by atoms with Gasteiger partial charge in [0.2, 0.25) is 0 Å². The van der Waals surface area contributed by atoms with Crippen molar-refractivity contribution in [3.05, 3.63) is 47.5 Å². The minimum absolute atomic E-state index is 0.681. The molecule has 1 heterocycles. The van der Waals surface area contributed by atoms with Gasteiger partial charge >= 0.3 is 0 Å². The number of para-hydroxylation sites is 1. The number of nitrogen functional groups attached to an aromatic ring is 1. The van der Waals surface area contributed by atoms with Gasteiger partial charge in [-0.1, -0.05) is 24.3 Å². The van der Waals surface area contributed by atoms with Crippen LogP contribution in [0.3, 0.4) is 0 Å². The molecule has 3 heteroatoms. The summed E-state index contributed by atoms with van der Waals surface area (Å²) in [5, 5.41) is 0. The standard InChI is InChI=1S/C15H13NO2/c1-17-13-4-2-3-11-6-5-10-7-8-12(16)9-14(10)18-15(11)13/h2-9H,16H2,1H3. The molecule has 0 aromatic heterocycles. The minimum Gasteiger partial charge on any atom is -0.493 e. The average molecular weight is 239 g/mol. The zero-order chi connectivity index (χ0) is 12.5. The summed E-state index contributed by atoms with van der Waals surface area (Å²) in [5.74, 6) is 2.18. The van der Waals surface area contributed by atoms with Gasteiger partial charge in [-0.05, 0) is 18.2 Å². The number of methoxy groups -OCH3 is 1. The number of nitrogens with two attached hydrogens (primary N) is 1. The van der Waals surface area contributed by atoms with Crippen molar-refractivity contribution in [2.24, 2.45) is 0 Å². The molecule has 0 amide bonds. The number of fused-ring (bicyclic) bond motifs is 2. The molecule has 0 unspecified atom stereocenters. The number of rotatable bonds is 1. The average Bonchev–Trinajstić information content (AvgIpc) is 2.56. The van der Waals surface area contributed by atoms with E-state index in [4.69, 9.17) is 15.2 Å². The Morgan fingerprint density at radius 2 is 1.89 bits per heavy atom. The molecule has 0 saturated carbocycles. The quantitative estimate of drug-likeness (QED) is 0.660. The van der Waals surface area contributed by atoms with Crippen LogP contribution in [-0.2, 0) is 0 Å². The Morgan fingerprint density at radius 1 is 1.06 bits per heavy atom. The summed E-state index contributed by atoms with van der Waals surface area (Å²) in [5.41, 5.74) is 8.46. The highest BCUT2D eigenvalue weighted by molar-refractivity contribution is 5.79. The van der Waals surface area contributed by atoms with Crippen LogP contribution in [0, 0.1) is 0 Å². The Balaban J connectivity index is 2.18. The lowest BCUT2D eigenvalue weighted by Crippen LogP contribution is -1.93. The molecule has 1 aliphatic heterocycles.